The van der Waals surface area contributed by atoms with E-state index >= 15 is 0 Å². The van der Waals surface area contributed by atoms with Crippen molar-refractivity contribution in [2.24, 2.45) is 0 Å². The van der Waals surface area contributed by atoms with E-state index in [0.29, 0.717) is 13.2 Å². The van der Waals surface area contributed by atoms with Gasteiger partial charge in [-0.25, -0.2) is 0 Å². The predicted molar refractivity (Wildman–Crippen MR) is 227 cm³/mol. The third-order valence-electron chi connectivity index (χ3n) is 13.2. The lowest BCUT2D eigenvalue weighted by Crippen LogP contribution is -2.26. The first-order chi connectivity index (χ1) is 26.4. The number of rotatable bonds is 14. The van der Waals surface area contributed by atoms with Crippen molar-refractivity contribution in [1.82, 2.24) is 0 Å². The second-order valence-electron chi connectivity index (χ2n) is 16.6. The molecule has 2 fully saturated rings. The van der Waals surface area contributed by atoms with Gasteiger partial charge in [-0.3, -0.25) is 0 Å². The predicted octanol–water partition coefficient (Wildman–Crippen LogP) is 10.3. The Kier molecular flexibility index (Phi) is 11.9. The molecule has 0 aromatic heterocycles. The van der Waals surface area contributed by atoms with E-state index in [4.69, 9.17) is 28.4 Å². The number of aliphatic hydroxyl groups excluding tert-OH is 1. The first-order valence-electron chi connectivity index (χ1n) is 20.2. The molecule has 2 atom stereocenters. The van der Waals surface area contributed by atoms with Crippen molar-refractivity contribution < 1.29 is 33.5 Å². The highest BCUT2D eigenvalue weighted by atomic mass is 16.6. The average Bonchev–Trinajstić information content (AvgIpc) is 4.11. The number of hydrogen-bond donors (Lipinski definition) is 1. The zero-order chi connectivity index (χ0) is 41.1. The molecule has 302 valence electrons. The highest BCUT2D eigenvalue weighted by molar-refractivity contribution is 5.84. The molecule has 7 nitrogen and oxygen atoms in total. The fraction of sp³-hybridized carbons (Fsp3) is 0.510. The Labute approximate surface area is 335 Å². The molecule has 0 aliphatic carbocycles. The number of aliphatic hydroxyl groups is 1. The number of ether oxygens (including phenoxy) is 6. The lowest BCUT2D eigenvalue weighted by atomic mass is 9.82. The summed E-state index contributed by atoms with van der Waals surface area (Å²) < 4.78 is 36.2. The van der Waals surface area contributed by atoms with Gasteiger partial charge in [0.2, 0.25) is 0 Å². The number of benzene rings is 4. The van der Waals surface area contributed by atoms with Gasteiger partial charge in [-0.15, -0.1) is 0 Å². The Morgan fingerprint density at radius 2 is 0.571 bits per heavy atom. The van der Waals surface area contributed by atoms with Gasteiger partial charge in [0.15, 0.2) is 0 Å². The van der Waals surface area contributed by atoms with Crippen molar-refractivity contribution in [3.63, 3.8) is 0 Å². The maximum absolute atomic E-state index is 11.3. The van der Waals surface area contributed by atoms with Crippen LogP contribution in [0.15, 0.2) is 0 Å². The summed E-state index contributed by atoms with van der Waals surface area (Å²) in [5, 5.41) is 11.3. The average molecular weight is 765 g/mol. The Morgan fingerprint density at radius 1 is 0.375 bits per heavy atom. The van der Waals surface area contributed by atoms with Crippen LogP contribution in [0.3, 0.4) is 0 Å². The molecule has 0 bridgehead atoms. The molecule has 0 saturated carbocycles. The highest BCUT2D eigenvalue weighted by Crippen LogP contribution is 2.46. The van der Waals surface area contributed by atoms with Gasteiger partial charge in [0.1, 0.15) is 67.7 Å². The van der Waals surface area contributed by atoms with Crippen LogP contribution in [0.5, 0.6) is 23.0 Å². The minimum Gasteiger partial charge on any atom is -0.490 e. The topological polar surface area (TPSA) is 82.2 Å². The number of hydrogen-bond acceptors (Lipinski definition) is 7. The Hall–Kier alpha value is -4.04. The van der Waals surface area contributed by atoms with E-state index < -0.39 is 6.10 Å². The lowest BCUT2D eigenvalue weighted by Gasteiger charge is -2.27. The van der Waals surface area contributed by atoms with E-state index in [0.717, 1.165) is 58.5 Å². The number of epoxide rings is 2. The molecule has 6 rings (SSSR count). The molecule has 0 radical (unpaired) electrons. The van der Waals surface area contributed by atoms with Crippen LogP contribution in [-0.4, -0.2) is 63.1 Å². The SMILES string of the molecule is Cc1c(C)c(-c2c(C)c(C)c(OCC3CO3)c(C)c2C)c(C)c(C)c1OCC(O)COc1c(C)c(C)c(-c2c(C)c(C)c(OCC3CO3)c(C)c2C)c(C)c1C. The van der Waals surface area contributed by atoms with E-state index in [9.17, 15) is 5.11 Å². The third kappa shape index (κ3) is 7.55. The molecule has 4 aromatic rings. The molecule has 7 heteroatoms. The van der Waals surface area contributed by atoms with Gasteiger partial charge < -0.3 is 33.5 Å². The first-order valence-corrected chi connectivity index (χ1v) is 20.2. The van der Waals surface area contributed by atoms with E-state index in [-0.39, 0.29) is 25.4 Å². The van der Waals surface area contributed by atoms with Crippen LogP contribution in [0.2, 0.25) is 0 Å². The summed E-state index contributed by atoms with van der Waals surface area (Å²) in [6.07, 6.45) is -0.402. The van der Waals surface area contributed by atoms with Gasteiger partial charge in [-0.2, -0.15) is 0 Å². The molecular weight excluding hydrogens is 701 g/mol. The van der Waals surface area contributed by atoms with Gasteiger partial charge in [-0.05, 0) is 222 Å². The maximum atomic E-state index is 11.3. The molecular formula is C49H64O7. The first kappa shape index (κ1) is 41.6. The quantitative estimate of drug-likeness (QED) is 0.128. The standard InChI is InChI=1S/C49H64O7/c1-23-31(9)46(32(10)24(2)42(23)44-27(5)35(13)48(36(14)28(44)6)55-21-40-19-51-40)53-17-39(50)18-54-47-33(11)25(3)43(26(4)34(47)12)45-29(7)37(15)49(38(16)30(45)8)56-22-41-20-52-41/h39-41,50H,17-22H2,1-16H3. The van der Waals surface area contributed by atoms with Crippen LogP contribution in [0.25, 0.3) is 22.3 Å². The summed E-state index contributed by atoms with van der Waals surface area (Å²) in [6, 6.07) is 0. The van der Waals surface area contributed by atoms with Crippen LogP contribution in [0.1, 0.15) is 89.0 Å². The van der Waals surface area contributed by atoms with Crippen molar-refractivity contribution in [3.8, 4) is 45.3 Å². The zero-order valence-corrected chi connectivity index (χ0v) is 36.9. The fourth-order valence-electron chi connectivity index (χ4n) is 8.57. The summed E-state index contributed by atoms with van der Waals surface area (Å²) in [6.45, 7) is 37.6. The van der Waals surface area contributed by atoms with Gasteiger partial charge in [0, 0.05) is 0 Å². The van der Waals surface area contributed by atoms with Crippen molar-refractivity contribution in [3.05, 3.63) is 89.0 Å². The molecule has 0 spiro atoms. The van der Waals surface area contributed by atoms with Crippen molar-refractivity contribution in [2.45, 2.75) is 129 Å². The second-order valence-corrected chi connectivity index (χ2v) is 16.6. The summed E-state index contributed by atoms with van der Waals surface area (Å²) >= 11 is 0. The zero-order valence-electron chi connectivity index (χ0n) is 36.9. The van der Waals surface area contributed by atoms with Crippen molar-refractivity contribution in [2.75, 3.05) is 39.6 Å². The largest absolute Gasteiger partial charge is 0.490 e. The second kappa shape index (κ2) is 16.1. The molecule has 0 amide bonds. The fourth-order valence-corrected chi connectivity index (χ4v) is 8.57. The van der Waals surface area contributed by atoms with Gasteiger partial charge >= 0.3 is 0 Å². The summed E-state index contributed by atoms with van der Waals surface area (Å²) in [5.74, 6) is 3.59. The lowest BCUT2D eigenvalue weighted by molar-refractivity contribution is 0.0616. The third-order valence-corrected chi connectivity index (χ3v) is 13.2. The van der Waals surface area contributed by atoms with Crippen LogP contribution in [0.4, 0.5) is 0 Å². The van der Waals surface area contributed by atoms with Gasteiger partial charge in [0.25, 0.3) is 0 Å². The van der Waals surface area contributed by atoms with Crippen LogP contribution in [0, 0.1) is 111 Å². The monoisotopic (exact) mass is 764 g/mol. The summed E-state index contributed by atoms with van der Waals surface area (Å²) in [4.78, 5) is 0. The molecule has 56 heavy (non-hydrogen) atoms. The molecule has 4 aromatic carbocycles. The molecule has 1 N–H and O–H groups in total. The van der Waals surface area contributed by atoms with Gasteiger partial charge in [0.05, 0.1) is 13.2 Å². The molecule has 2 saturated heterocycles. The normalized spacial score (nSPS) is 16.6. The van der Waals surface area contributed by atoms with Gasteiger partial charge in [-0.1, -0.05) is 0 Å². The van der Waals surface area contributed by atoms with Crippen molar-refractivity contribution >= 4 is 0 Å². The summed E-state index contributed by atoms with van der Waals surface area (Å²) in [5.41, 5.74) is 23.7. The minimum absolute atomic E-state index is 0.124. The Morgan fingerprint density at radius 3 is 0.768 bits per heavy atom. The highest BCUT2D eigenvalue weighted by Gasteiger charge is 2.29. The van der Waals surface area contributed by atoms with Crippen LogP contribution in [-0.2, 0) is 9.47 Å². The molecule has 2 aliphatic heterocycles. The molecule has 2 aliphatic rings. The Balaban J connectivity index is 1.21. The van der Waals surface area contributed by atoms with E-state index in [1.54, 1.807) is 0 Å². The van der Waals surface area contributed by atoms with E-state index in [1.807, 2.05) is 0 Å². The van der Waals surface area contributed by atoms with E-state index in [1.165, 1.54) is 89.0 Å². The smallest absolute Gasteiger partial charge is 0.125 e. The van der Waals surface area contributed by atoms with Crippen LogP contribution >= 0.6 is 0 Å². The minimum atomic E-state index is -0.820. The summed E-state index contributed by atoms with van der Waals surface area (Å²) in [7, 11) is 0. The van der Waals surface area contributed by atoms with Crippen molar-refractivity contribution in [1.29, 1.82) is 0 Å². The molecule has 2 unspecified atom stereocenters. The maximum Gasteiger partial charge on any atom is 0.125 e. The van der Waals surface area contributed by atoms with E-state index in [2.05, 4.69) is 111 Å². The Bertz CT molecular complexity index is 1930. The molecule has 2 heterocycles. The van der Waals surface area contributed by atoms with Crippen LogP contribution < -0.4 is 18.9 Å².